The number of aromatic nitrogens is 3. The lowest BCUT2D eigenvalue weighted by atomic mass is 9.95. The number of aliphatic hydroxyl groups excluding tert-OH is 1. The summed E-state index contributed by atoms with van der Waals surface area (Å²) in [6.07, 6.45) is 2.97. The highest BCUT2D eigenvalue weighted by Gasteiger charge is 2.33. The standard InChI is InChI=1S/C21H28ClN5O5S/c1-25(2)33(29,30)27(9-10-28)14-20-23-21(24-32-20)18-11-15(12-19(22)31-18)13-26-8-7-16-5-3-4-6-17(16)26/h3-8,15,18-19,28H,9-14H2,1-2H3. The van der Waals surface area contributed by atoms with E-state index in [-0.39, 0.29) is 31.5 Å². The number of hydrogen-bond donors (Lipinski definition) is 1. The molecule has 3 aromatic rings. The highest BCUT2D eigenvalue weighted by atomic mass is 35.5. The molecule has 1 aliphatic heterocycles. The van der Waals surface area contributed by atoms with Gasteiger partial charge in [0.05, 0.1) is 13.2 Å². The van der Waals surface area contributed by atoms with E-state index in [2.05, 4.69) is 39.1 Å². The molecule has 1 N–H and O–H groups in total. The van der Waals surface area contributed by atoms with Crippen LogP contribution in [0.3, 0.4) is 0 Å². The Morgan fingerprint density at radius 2 is 2.03 bits per heavy atom. The molecule has 0 bridgehead atoms. The number of rotatable bonds is 9. The van der Waals surface area contributed by atoms with Crippen molar-refractivity contribution < 1.29 is 22.8 Å². The Kier molecular flexibility index (Phi) is 7.37. The van der Waals surface area contributed by atoms with Crippen molar-refractivity contribution in [2.45, 2.75) is 37.6 Å². The summed E-state index contributed by atoms with van der Waals surface area (Å²) in [5.41, 5.74) is 0.678. The molecule has 33 heavy (non-hydrogen) atoms. The third-order valence-corrected chi connectivity index (χ3v) is 7.90. The molecule has 10 nitrogen and oxygen atoms in total. The zero-order valence-electron chi connectivity index (χ0n) is 18.5. The van der Waals surface area contributed by atoms with Crippen molar-refractivity contribution in [3.63, 3.8) is 0 Å². The number of halogens is 1. The van der Waals surface area contributed by atoms with E-state index < -0.39 is 21.9 Å². The van der Waals surface area contributed by atoms with Gasteiger partial charge in [0.2, 0.25) is 11.7 Å². The van der Waals surface area contributed by atoms with Crippen molar-refractivity contribution in [1.82, 2.24) is 23.3 Å². The van der Waals surface area contributed by atoms with Crippen LogP contribution in [0.15, 0.2) is 41.1 Å². The Balaban J connectivity index is 1.46. The Morgan fingerprint density at radius 1 is 1.24 bits per heavy atom. The van der Waals surface area contributed by atoms with E-state index in [0.717, 1.165) is 15.2 Å². The average molecular weight is 498 g/mol. The SMILES string of the molecule is CN(C)S(=O)(=O)N(CCO)Cc1nc(C2CC(Cn3ccc4ccccc43)CC(Cl)O2)no1. The molecule has 3 atom stereocenters. The smallest absolute Gasteiger partial charge is 0.282 e. The average Bonchev–Trinajstić information content (AvgIpc) is 3.40. The minimum atomic E-state index is -3.76. The molecule has 1 aromatic carbocycles. The molecule has 1 aliphatic rings. The van der Waals surface area contributed by atoms with Crippen molar-refractivity contribution in [3.05, 3.63) is 48.2 Å². The minimum Gasteiger partial charge on any atom is -0.395 e. The molecule has 1 fully saturated rings. The zero-order chi connectivity index (χ0) is 23.6. The van der Waals surface area contributed by atoms with Gasteiger partial charge in [-0.1, -0.05) is 35.0 Å². The molecule has 3 heterocycles. The van der Waals surface area contributed by atoms with Gasteiger partial charge in [0.25, 0.3) is 10.2 Å². The molecule has 0 amide bonds. The molecule has 3 unspecified atom stereocenters. The number of ether oxygens (including phenoxy) is 1. The van der Waals surface area contributed by atoms with Crippen LogP contribution in [0.2, 0.25) is 0 Å². The first kappa shape index (κ1) is 24.1. The lowest BCUT2D eigenvalue weighted by Crippen LogP contribution is -2.41. The van der Waals surface area contributed by atoms with Crippen molar-refractivity contribution in [1.29, 1.82) is 0 Å². The molecule has 0 radical (unpaired) electrons. The van der Waals surface area contributed by atoms with E-state index in [1.807, 2.05) is 12.1 Å². The number of para-hydroxylation sites is 1. The maximum absolute atomic E-state index is 12.5. The maximum Gasteiger partial charge on any atom is 0.282 e. The summed E-state index contributed by atoms with van der Waals surface area (Å²) in [6.45, 7) is 0.217. The fourth-order valence-corrected chi connectivity index (χ4v) is 5.50. The summed E-state index contributed by atoms with van der Waals surface area (Å²) in [7, 11) is -0.915. The Bertz CT molecular complexity index is 1180. The van der Waals surface area contributed by atoms with Crippen LogP contribution in [-0.2, 0) is 28.0 Å². The highest BCUT2D eigenvalue weighted by Crippen LogP contribution is 2.36. The van der Waals surface area contributed by atoms with Gasteiger partial charge in [-0.05, 0) is 36.3 Å². The lowest BCUT2D eigenvalue weighted by Gasteiger charge is -2.31. The number of aliphatic hydroxyl groups is 1. The quantitative estimate of drug-likeness (QED) is 0.451. The van der Waals surface area contributed by atoms with Crippen molar-refractivity contribution in [2.24, 2.45) is 5.92 Å². The minimum absolute atomic E-state index is 0.0885. The third-order valence-electron chi connectivity index (χ3n) is 5.73. The second-order valence-corrected chi connectivity index (χ2v) is 10.9. The topological polar surface area (TPSA) is 114 Å². The molecule has 0 aliphatic carbocycles. The van der Waals surface area contributed by atoms with Gasteiger partial charge in [0, 0.05) is 38.9 Å². The molecule has 12 heteroatoms. The van der Waals surface area contributed by atoms with E-state index in [1.54, 1.807) is 0 Å². The summed E-state index contributed by atoms with van der Waals surface area (Å²) in [5.74, 6) is 0.699. The number of fused-ring (bicyclic) bond motifs is 1. The van der Waals surface area contributed by atoms with Gasteiger partial charge >= 0.3 is 0 Å². The van der Waals surface area contributed by atoms with Crippen molar-refractivity contribution in [2.75, 3.05) is 27.2 Å². The summed E-state index contributed by atoms with van der Waals surface area (Å²) in [6, 6.07) is 10.3. The van der Waals surface area contributed by atoms with E-state index in [0.29, 0.717) is 18.7 Å². The van der Waals surface area contributed by atoms with Crippen LogP contribution in [0.5, 0.6) is 0 Å². The number of benzene rings is 1. The molecule has 180 valence electrons. The van der Waals surface area contributed by atoms with Crippen molar-refractivity contribution >= 4 is 32.7 Å². The summed E-state index contributed by atoms with van der Waals surface area (Å²) in [4.78, 5) is 4.37. The van der Waals surface area contributed by atoms with E-state index >= 15 is 0 Å². The largest absolute Gasteiger partial charge is 0.395 e. The lowest BCUT2D eigenvalue weighted by molar-refractivity contribution is -0.0416. The van der Waals surface area contributed by atoms with Crippen LogP contribution in [0.4, 0.5) is 0 Å². The van der Waals surface area contributed by atoms with Crippen molar-refractivity contribution in [3.8, 4) is 0 Å². The van der Waals surface area contributed by atoms with Crippen LogP contribution in [0, 0.1) is 5.92 Å². The molecule has 2 aromatic heterocycles. The van der Waals surface area contributed by atoms with Gasteiger partial charge in [-0.15, -0.1) is 0 Å². The van der Waals surface area contributed by atoms with Gasteiger partial charge in [-0.3, -0.25) is 0 Å². The van der Waals surface area contributed by atoms with Crippen LogP contribution in [0.1, 0.15) is 30.7 Å². The Morgan fingerprint density at radius 3 is 2.79 bits per heavy atom. The van der Waals surface area contributed by atoms with Gasteiger partial charge in [0.15, 0.2) is 0 Å². The summed E-state index contributed by atoms with van der Waals surface area (Å²) >= 11 is 6.40. The second kappa shape index (κ2) is 10.1. The Hall–Kier alpha value is -2.02. The molecule has 0 spiro atoms. The third kappa shape index (κ3) is 5.39. The van der Waals surface area contributed by atoms with Gasteiger partial charge in [-0.2, -0.15) is 22.0 Å². The van der Waals surface area contributed by atoms with E-state index in [1.165, 1.54) is 25.0 Å². The highest BCUT2D eigenvalue weighted by molar-refractivity contribution is 7.86. The first-order chi connectivity index (χ1) is 15.8. The Labute approximate surface area is 197 Å². The fraction of sp³-hybridized carbons (Fsp3) is 0.524. The normalized spacial score (nSPS) is 21.9. The molecule has 1 saturated heterocycles. The van der Waals surface area contributed by atoms with Crippen LogP contribution in [-0.4, -0.2) is 69.7 Å². The first-order valence-electron chi connectivity index (χ1n) is 10.7. The number of alkyl halides is 1. The molecule has 4 rings (SSSR count). The van der Waals surface area contributed by atoms with Crippen LogP contribution >= 0.6 is 11.6 Å². The van der Waals surface area contributed by atoms with Gasteiger partial charge in [0.1, 0.15) is 11.7 Å². The monoisotopic (exact) mass is 497 g/mol. The summed E-state index contributed by atoms with van der Waals surface area (Å²) < 4.78 is 40.5. The fourth-order valence-electron chi connectivity index (χ4n) is 4.08. The number of nitrogens with zero attached hydrogens (tertiary/aromatic N) is 5. The predicted molar refractivity (Wildman–Crippen MR) is 123 cm³/mol. The van der Waals surface area contributed by atoms with E-state index in [9.17, 15) is 13.5 Å². The number of hydrogen-bond acceptors (Lipinski definition) is 7. The predicted octanol–water partition coefficient (Wildman–Crippen LogP) is 2.36. The molecule has 0 saturated carbocycles. The second-order valence-electron chi connectivity index (χ2n) is 8.29. The van der Waals surface area contributed by atoms with E-state index in [4.69, 9.17) is 20.9 Å². The molecular formula is C21H28ClN5O5S. The van der Waals surface area contributed by atoms with Gasteiger partial charge < -0.3 is 18.9 Å². The van der Waals surface area contributed by atoms with Crippen LogP contribution in [0.25, 0.3) is 10.9 Å². The maximum atomic E-state index is 12.5. The molecular weight excluding hydrogens is 470 g/mol. The van der Waals surface area contributed by atoms with Crippen LogP contribution < -0.4 is 0 Å². The van der Waals surface area contributed by atoms with Gasteiger partial charge in [-0.25, -0.2) is 0 Å². The first-order valence-corrected chi connectivity index (χ1v) is 12.6. The summed E-state index contributed by atoms with van der Waals surface area (Å²) in [5, 5.41) is 14.5. The zero-order valence-corrected chi connectivity index (χ0v) is 20.1.